The van der Waals surface area contributed by atoms with E-state index in [1.807, 2.05) is 0 Å². The van der Waals surface area contributed by atoms with Crippen molar-refractivity contribution in [1.82, 2.24) is 5.32 Å². The van der Waals surface area contributed by atoms with Gasteiger partial charge in [0.25, 0.3) is 0 Å². The number of amides is 1. The van der Waals surface area contributed by atoms with E-state index < -0.39 is 12.0 Å². The number of carbonyl (C=O) groups is 2. The minimum atomic E-state index is -0.760. The molecule has 5 heteroatoms. The Balaban J connectivity index is 2.37. The molecule has 0 saturated heterocycles. The molecule has 3 unspecified atom stereocenters. The van der Waals surface area contributed by atoms with Crippen LogP contribution in [0.4, 0.5) is 0 Å². The van der Waals surface area contributed by atoms with Crippen molar-refractivity contribution in [2.45, 2.75) is 64.0 Å². The van der Waals surface area contributed by atoms with Gasteiger partial charge in [0, 0.05) is 6.04 Å². The largest absolute Gasteiger partial charge is 0.481 e. The van der Waals surface area contributed by atoms with Crippen molar-refractivity contribution in [3.05, 3.63) is 0 Å². The molecule has 0 radical (unpaired) electrons. The third-order valence-corrected chi connectivity index (χ3v) is 3.58. The van der Waals surface area contributed by atoms with Gasteiger partial charge in [0.15, 0.2) is 0 Å². The molecule has 1 aliphatic rings. The number of carboxylic acids is 1. The third-order valence-electron chi connectivity index (χ3n) is 3.58. The summed E-state index contributed by atoms with van der Waals surface area (Å²) in [5.74, 6) is -1.22. The van der Waals surface area contributed by atoms with E-state index in [2.05, 4.69) is 12.2 Å². The van der Waals surface area contributed by atoms with Gasteiger partial charge in [-0.2, -0.15) is 0 Å². The number of carbonyl (C=O) groups excluding carboxylic acids is 1. The summed E-state index contributed by atoms with van der Waals surface area (Å²) in [7, 11) is 0. The van der Waals surface area contributed by atoms with E-state index in [0.29, 0.717) is 19.3 Å². The fourth-order valence-electron chi connectivity index (χ4n) is 2.41. The fourth-order valence-corrected chi connectivity index (χ4v) is 2.41. The lowest BCUT2D eigenvalue weighted by molar-refractivity contribution is -0.143. The highest BCUT2D eigenvalue weighted by Crippen LogP contribution is 2.24. The quantitative estimate of drug-likeness (QED) is 0.667. The zero-order valence-electron chi connectivity index (χ0n) is 11.0. The highest BCUT2D eigenvalue weighted by Gasteiger charge is 2.28. The van der Waals surface area contributed by atoms with E-state index in [0.717, 1.165) is 25.7 Å². The Morgan fingerprint density at radius 3 is 2.78 bits per heavy atom. The van der Waals surface area contributed by atoms with Gasteiger partial charge < -0.3 is 16.2 Å². The van der Waals surface area contributed by atoms with Crippen LogP contribution in [-0.4, -0.2) is 29.1 Å². The molecule has 1 saturated carbocycles. The smallest absolute Gasteiger partial charge is 0.306 e. The van der Waals surface area contributed by atoms with Crippen molar-refractivity contribution >= 4 is 11.9 Å². The molecule has 18 heavy (non-hydrogen) atoms. The van der Waals surface area contributed by atoms with Crippen molar-refractivity contribution in [2.75, 3.05) is 0 Å². The van der Waals surface area contributed by atoms with E-state index in [-0.39, 0.29) is 17.9 Å². The van der Waals surface area contributed by atoms with Gasteiger partial charge in [-0.15, -0.1) is 0 Å². The van der Waals surface area contributed by atoms with Crippen LogP contribution in [0.5, 0.6) is 0 Å². The number of nitrogens with one attached hydrogen (secondary N) is 1. The molecule has 0 aromatic carbocycles. The molecule has 1 fully saturated rings. The number of unbranched alkanes of at least 4 members (excludes halogenated alkanes) is 1. The number of aliphatic carboxylic acids is 1. The second-order valence-corrected chi connectivity index (χ2v) is 5.16. The lowest BCUT2D eigenvalue weighted by Gasteiger charge is -2.28. The van der Waals surface area contributed by atoms with Crippen LogP contribution in [0.15, 0.2) is 0 Å². The normalized spacial score (nSPS) is 25.4. The van der Waals surface area contributed by atoms with E-state index in [4.69, 9.17) is 10.8 Å². The summed E-state index contributed by atoms with van der Waals surface area (Å²) in [4.78, 5) is 22.7. The minimum absolute atomic E-state index is 0.0278. The first-order chi connectivity index (χ1) is 8.54. The standard InChI is InChI=1S/C13H24N2O3/c1-2-3-7-11(14)12(16)15-10-6-4-5-9(8-10)13(17)18/h9-11H,2-8,14H2,1H3,(H,15,16)(H,17,18). The molecule has 1 amide bonds. The van der Waals surface area contributed by atoms with E-state index in [9.17, 15) is 9.59 Å². The van der Waals surface area contributed by atoms with Crippen LogP contribution in [0.2, 0.25) is 0 Å². The molecule has 0 aromatic rings. The van der Waals surface area contributed by atoms with Gasteiger partial charge >= 0.3 is 5.97 Å². The fraction of sp³-hybridized carbons (Fsp3) is 0.846. The Kier molecular flexibility index (Phi) is 6.12. The van der Waals surface area contributed by atoms with Crippen molar-refractivity contribution in [3.63, 3.8) is 0 Å². The molecule has 104 valence electrons. The molecule has 0 spiro atoms. The number of carboxylic acid groups (broad SMARTS) is 1. The summed E-state index contributed by atoms with van der Waals surface area (Å²) in [5.41, 5.74) is 5.79. The zero-order valence-corrected chi connectivity index (χ0v) is 11.0. The average molecular weight is 256 g/mol. The first kappa shape index (κ1) is 15.0. The van der Waals surface area contributed by atoms with E-state index in [1.54, 1.807) is 0 Å². The van der Waals surface area contributed by atoms with E-state index in [1.165, 1.54) is 0 Å². The summed E-state index contributed by atoms with van der Waals surface area (Å²) in [6.45, 7) is 2.06. The molecule has 0 aromatic heterocycles. The summed E-state index contributed by atoms with van der Waals surface area (Å²) in [6, 6.07) is -0.491. The lowest BCUT2D eigenvalue weighted by Crippen LogP contribution is -2.47. The second-order valence-electron chi connectivity index (χ2n) is 5.16. The summed E-state index contributed by atoms with van der Waals surface area (Å²) >= 11 is 0. The zero-order chi connectivity index (χ0) is 13.5. The van der Waals surface area contributed by atoms with Crippen molar-refractivity contribution < 1.29 is 14.7 Å². The maximum absolute atomic E-state index is 11.8. The van der Waals surface area contributed by atoms with Gasteiger partial charge in [-0.1, -0.05) is 26.2 Å². The Bertz CT molecular complexity index is 294. The van der Waals surface area contributed by atoms with Gasteiger partial charge in [-0.3, -0.25) is 9.59 Å². The maximum Gasteiger partial charge on any atom is 0.306 e. The third kappa shape index (κ3) is 4.64. The number of rotatable bonds is 6. The predicted molar refractivity (Wildman–Crippen MR) is 69.0 cm³/mol. The lowest BCUT2D eigenvalue weighted by atomic mass is 9.85. The molecular weight excluding hydrogens is 232 g/mol. The summed E-state index contributed by atoms with van der Waals surface area (Å²) in [6.07, 6.45) is 5.60. The predicted octanol–water partition coefficient (Wildman–Crippen LogP) is 1.26. The van der Waals surface area contributed by atoms with Crippen LogP contribution in [0.25, 0.3) is 0 Å². The molecule has 0 heterocycles. The van der Waals surface area contributed by atoms with Gasteiger partial charge in [-0.25, -0.2) is 0 Å². The first-order valence-corrected chi connectivity index (χ1v) is 6.83. The van der Waals surface area contributed by atoms with Crippen LogP contribution in [0.1, 0.15) is 51.9 Å². The SMILES string of the molecule is CCCCC(N)C(=O)NC1CCCC(C(=O)O)C1. The van der Waals surface area contributed by atoms with Gasteiger partial charge in [0.05, 0.1) is 12.0 Å². The Morgan fingerprint density at radius 1 is 1.44 bits per heavy atom. The molecular formula is C13H24N2O3. The van der Waals surface area contributed by atoms with Crippen LogP contribution in [-0.2, 0) is 9.59 Å². The van der Waals surface area contributed by atoms with Crippen molar-refractivity contribution in [1.29, 1.82) is 0 Å². The van der Waals surface area contributed by atoms with Crippen molar-refractivity contribution in [3.8, 4) is 0 Å². The first-order valence-electron chi connectivity index (χ1n) is 6.83. The summed E-state index contributed by atoms with van der Waals surface area (Å²) in [5, 5.41) is 11.9. The topological polar surface area (TPSA) is 92.4 Å². The molecule has 0 bridgehead atoms. The monoisotopic (exact) mass is 256 g/mol. The minimum Gasteiger partial charge on any atom is -0.481 e. The van der Waals surface area contributed by atoms with E-state index >= 15 is 0 Å². The van der Waals surface area contributed by atoms with Crippen LogP contribution < -0.4 is 11.1 Å². The van der Waals surface area contributed by atoms with Crippen LogP contribution in [0, 0.1) is 5.92 Å². The Hall–Kier alpha value is -1.10. The molecule has 0 aliphatic heterocycles. The maximum atomic E-state index is 11.8. The number of nitrogens with two attached hydrogens (primary N) is 1. The molecule has 3 atom stereocenters. The van der Waals surface area contributed by atoms with Gasteiger partial charge in [0.1, 0.15) is 0 Å². The number of hydrogen-bond donors (Lipinski definition) is 3. The molecule has 1 aliphatic carbocycles. The highest BCUT2D eigenvalue weighted by molar-refractivity contribution is 5.81. The van der Waals surface area contributed by atoms with Crippen LogP contribution >= 0.6 is 0 Å². The van der Waals surface area contributed by atoms with Gasteiger partial charge in [0.2, 0.25) is 5.91 Å². The summed E-state index contributed by atoms with van der Waals surface area (Å²) < 4.78 is 0. The molecule has 1 rings (SSSR count). The van der Waals surface area contributed by atoms with Crippen molar-refractivity contribution in [2.24, 2.45) is 11.7 Å². The second kappa shape index (κ2) is 7.36. The van der Waals surface area contributed by atoms with Crippen LogP contribution in [0.3, 0.4) is 0 Å². The average Bonchev–Trinajstić information content (AvgIpc) is 2.36. The molecule has 4 N–H and O–H groups in total. The van der Waals surface area contributed by atoms with Gasteiger partial charge in [-0.05, 0) is 25.7 Å². The number of hydrogen-bond acceptors (Lipinski definition) is 3. The highest BCUT2D eigenvalue weighted by atomic mass is 16.4. The Labute approximate surface area is 108 Å². The molecule has 5 nitrogen and oxygen atoms in total. The Morgan fingerprint density at radius 2 is 2.17 bits per heavy atom.